The van der Waals surface area contributed by atoms with Gasteiger partial charge in [-0.2, -0.15) is 4.99 Å². The molecule has 108 valence electrons. The van der Waals surface area contributed by atoms with E-state index < -0.39 is 29.6 Å². The summed E-state index contributed by atoms with van der Waals surface area (Å²) in [6, 6.07) is 0. The normalized spacial score (nSPS) is 13.1. The molecule has 0 fully saturated rings. The van der Waals surface area contributed by atoms with Crippen LogP contribution in [0.3, 0.4) is 0 Å². The van der Waals surface area contributed by atoms with E-state index in [1.54, 1.807) is 20.8 Å². The van der Waals surface area contributed by atoms with Crippen molar-refractivity contribution in [2.45, 2.75) is 39.2 Å². The third-order valence-corrected chi connectivity index (χ3v) is 1.93. The van der Waals surface area contributed by atoms with Gasteiger partial charge in [-0.3, -0.25) is 9.59 Å². The van der Waals surface area contributed by atoms with Gasteiger partial charge in [0.1, 0.15) is 5.60 Å². The van der Waals surface area contributed by atoms with Gasteiger partial charge in [0.15, 0.2) is 0 Å². The third-order valence-electron chi connectivity index (χ3n) is 1.93. The van der Waals surface area contributed by atoms with Gasteiger partial charge >= 0.3 is 18.0 Å². The average molecular weight is 273 g/mol. The number of aliphatic carboxylic acids is 1. The second-order valence-electron chi connectivity index (χ2n) is 4.82. The summed E-state index contributed by atoms with van der Waals surface area (Å²) >= 11 is 0. The van der Waals surface area contributed by atoms with Gasteiger partial charge in [-0.05, 0) is 27.2 Å². The van der Waals surface area contributed by atoms with Gasteiger partial charge < -0.3 is 14.6 Å². The molecule has 0 heterocycles. The smallest absolute Gasteiger partial charge is 0.433 e. The number of hydrogen-bond donors (Lipinski definition) is 1. The number of aliphatic imine (C=N–C) groups is 1. The number of hydrogen-bond acceptors (Lipinski definition) is 5. The molecule has 1 unspecified atom stereocenters. The molecule has 0 aromatic heterocycles. The Hall–Kier alpha value is -1.92. The van der Waals surface area contributed by atoms with Gasteiger partial charge in [0, 0.05) is 12.6 Å². The SMILES string of the molecule is COC(=O)C(C=NC(=O)OC(C)(C)C)CCC(=O)O. The molecule has 0 aliphatic heterocycles. The van der Waals surface area contributed by atoms with Crippen LogP contribution in [0.2, 0.25) is 0 Å². The molecule has 1 N–H and O–H groups in total. The largest absolute Gasteiger partial charge is 0.481 e. The molecule has 1 atom stereocenters. The van der Waals surface area contributed by atoms with E-state index in [4.69, 9.17) is 9.84 Å². The second-order valence-corrected chi connectivity index (χ2v) is 4.82. The van der Waals surface area contributed by atoms with E-state index in [1.807, 2.05) is 0 Å². The lowest BCUT2D eigenvalue weighted by molar-refractivity contribution is -0.143. The van der Waals surface area contributed by atoms with Gasteiger partial charge in [0.25, 0.3) is 0 Å². The molecular weight excluding hydrogens is 254 g/mol. The highest BCUT2D eigenvalue weighted by Crippen LogP contribution is 2.10. The number of carboxylic acid groups (broad SMARTS) is 1. The maximum absolute atomic E-state index is 11.4. The first-order valence-electron chi connectivity index (χ1n) is 5.72. The summed E-state index contributed by atoms with van der Waals surface area (Å²) in [7, 11) is 1.18. The van der Waals surface area contributed by atoms with Crippen molar-refractivity contribution in [1.82, 2.24) is 0 Å². The monoisotopic (exact) mass is 273 g/mol. The average Bonchev–Trinajstić information content (AvgIpc) is 2.25. The summed E-state index contributed by atoms with van der Waals surface area (Å²) in [5.41, 5.74) is -0.684. The predicted octanol–water partition coefficient (Wildman–Crippen LogP) is 1.65. The molecule has 0 aliphatic rings. The Morgan fingerprint density at radius 3 is 2.32 bits per heavy atom. The molecule has 0 radical (unpaired) electrons. The van der Waals surface area contributed by atoms with Gasteiger partial charge in [-0.15, -0.1) is 0 Å². The maximum Gasteiger partial charge on any atom is 0.433 e. The van der Waals surface area contributed by atoms with Gasteiger partial charge in [-0.1, -0.05) is 0 Å². The van der Waals surface area contributed by atoms with Crippen molar-refractivity contribution in [2.75, 3.05) is 7.11 Å². The van der Waals surface area contributed by atoms with Gasteiger partial charge in [-0.25, -0.2) is 4.79 Å². The number of carboxylic acids is 1. The predicted molar refractivity (Wildman–Crippen MR) is 67.1 cm³/mol. The Morgan fingerprint density at radius 2 is 1.89 bits per heavy atom. The minimum atomic E-state index is -1.04. The number of rotatable bonds is 5. The first-order chi connectivity index (χ1) is 8.65. The van der Waals surface area contributed by atoms with Crippen molar-refractivity contribution < 1.29 is 29.0 Å². The Balaban J connectivity index is 4.58. The van der Waals surface area contributed by atoms with Crippen molar-refractivity contribution >= 4 is 24.2 Å². The van der Waals surface area contributed by atoms with Crippen molar-refractivity contribution in [1.29, 1.82) is 0 Å². The van der Waals surface area contributed by atoms with Crippen LogP contribution in [0.4, 0.5) is 4.79 Å². The highest BCUT2D eigenvalue weighted by Gasteiger charge is 2.20. The molecular formula is C12H19NO6. The first kappa shape index (κ1) is 17.1. The van der Waals surface area contributed by atoms with Crippen LogP contribution in [0, 0.1) is 5.92 Å². The summed E-state index contributed by atoms with van der Waals surface area (Å²) in [6.07, 6.45) is 0.00814. The van der Waals surface area contributed by atoms with Crippen LogP contribution >= 0.6 is 0 Å². The highest BCUT2D eigenvalue weighted by molar-refractivity contribution is 5.94. The maximum atomic E-state index is 11.4. The first-order valence-corrected chi connectivity index (χ1v) is 5.72. The number of carbonyl (C=O) groups excluding carboxylic acids is 2. The minimum Gasteiger partial charge on any atom is -0.481 e. The fourth-order valence-corrected chi connectivity index (χ4v) is 1.12. The van der Waals surface area contributed by atoms with E-state index >= 15 is 0 Å². The Labute approximate surface area is 111 Å². The van der Waals surface area contributed by atoms with E-state index in [2.05, 4.69) is 9.73 Å². The lowest BCUT2D eigenvalue weighted by atomic mass is 10.1. The zero-order valence-corrected chi connectivity index (χ0v) is 11.5. The third kappa shape index (κ3) is 8.76. The van der Waals surface area contributed by atoms with Gasteiger partial charge in [0.2, 0.25) is 0 Å². The molecule has 0 saturated carbocycles. The molecule has 19 heavy (non-hydrogen) atoms. The standard InChI is InChI=1S/C12H19NO6/c1-12(2,3)19-11(17)13-7-8(10(16)18-4)5-6-9(14)15/h7-8H,5-6H2,1-4H3,(H,14,15). The van der Waals surface area contributed by atoms with E-state index in [-0.39, 0.29) is 12.8 Å². The minimum absolute atomic E-state index is 0.00824. The van der Waals surface area contributed by atoms with Crippen molar-refractivity contribution in [2.24, 2.45) is 10.9 Å². The Morgan fingerprint density at radius 1 is 1.32 bits per heavy atom. The topological polar surface area (TPSA) is 102 Å². The summed E-state index contributed by atoms with van der Waals surface area (Å²) in [4.78, 5) is 36.6. The number of carbonyl (C=O) groups is 3. The zero-order chi connectivity index (χ0) is 15.1. The van der Waals surface area contributed by atoms with E-state index in [0.717, 1.165) is 6.21 Å². The number of esters is 1. The quantitative estimate of drug-likeness (QED) is 0.603. The van der Waals surface area contributed by atoms with Crippen molar-refractivity contribution in [3.8, 4) is 0 Å². The summed E-state index contributed by atoms with van der Waals surface area (Å²) in [5.74, 6) is -2.57. The van der Waals surface area contributed by atoms with Gasteiger partial charge in [0.05, 0.1) is 13.0 Å². The zero-order valence-electron chi connectivity index (χ0n) is 11.5. The summed E-state index contributed by atoms with van der Waals surface area (Å²) in [6.45, 7) is 5.05. The van der Waals surface area contributed by atoms with Crippen LogP contribution < -0.4 is 0 Å². The second kappa shape index (κ2) is 7.50. The summed E-state index contributed by atoms with van der Waals surface area (Å²) in [5, 5.41) is 8.56. The number of nitrogens with zero attached hydrogens (tertiary/aromatic N) is 1. The summed E-state index contributed by atoms with van der Waals surface area (Å²) < 4.78 is 9.42. The molecule has 0 aromatic carbocycles. The molecule has 0 spiro atoms. The molecule has 0 bridgehead atoms. The van der Waals surface area contributed by atoms with Crippen LogP contribution in [0.15, 0.2) is 4.99 Å². The van der Waals surface area contributed by atoms with E-state index in [1.165, 1.54) is 7.11 Å². The number of amides is 1. The molecule has 1 amide bonds. The lowest BCUT2D eigenvalue weighted by Crippen LogP contribution is -2.23. The van der Waals surface area contributed by atoms with Crippen LogP contribution in [0.1, 0.15) is 33.6 Å². The van der Waals surface area contributed by atoms with Crippen molar-refractivity contribution in [3.63, 3.8) is 0 Å². The molecule has 0 rings (SSSR count). The Bertz CT molecular complexity index is 369. The van der Waals surface area contributed by atoms with E-state index in [0.29, 0.717) is 0 Å². The molecule has 0 aliphatic carbocycles. The fourth-order valence-electron chi connectivity index (χ4n) is 1.12. The number of methoxy groups -OCH3 is 1. The fraction of sp³-hybridized carbons (Fsp3) is 0.667. The van der Waals surface area contributed by atoms with Crippen LogP contribution in [-0.4, -0.2) is 42.1 Å². The van der Waals surface area contributed by atoms with Crippen LogP contribution in [-0.2, 0) is 19.1 Å². The van der Waals surface area contributed by atoms with Crippen LogP contribution in [0.25, 0.3) is 0 Å². The molecule has 0 saturated heterocycles. The van der Waals surface area contributed by atoms with E-state index in [9.17, 15) is 14.4 Å². The highest BCUT2D eigenvalue weighted by atomic mass is 16.6. The molecule has 0 aromatic rings. The number of ether oxygens (including phenoxy) is 2. The Kier molecular flexibility index (Phi) is 6.74. The van der Waals surface area contributed by atoms with Crippen molar-refractivity contribution in [3.05, 3.63) is 0 Å². The lowest BCUT2D eigenvalue weighted by Gasteiger charge is -2.17. The molecule has 7 heteroatoms. The molecule has 7 nitrogen and oxygen atoms in total. The van der Waals surface area contributed by atoms with Crippen LogP contribution in [0.5, 0.6) is 0 Å².